The molecule has 1 aliphatic rings. The minimum Gasteiger partial charge on any atom is -0.351 e. The van der Waals surface area contributed by atoms with Gasteiger partial charge in [-0.25, -0.2) is 9.97 Å². The Morgan fingerprint density at radius 3 is 2.08 bits per heavy atom. The first-order valence-electron chi connectivity index (χ1n) is 8.70. The molecular formula is C21H22N4. The first kappa shape index (κ1) is 15.8. The molecule has 4 nitrogen and oxygen atoms in total. The smallest absolute Gasteiger partial charge is 0.222 e. The summed E-state index contributed by atoms with van der Waals surface area (Å²) in [6, 6.07) is 17.3. The molecule has 4 heteroatoms. The van der Waals surface area contributed by atoms with E-state index < -0.39 is 0 Å². The second-order valence-corrected chi connectivity index (χ2v) is 6.72. The van der Waals surface area contributed by atoms with Gasteiger partial charge in [0.05, 0.1) is 0 Å². The van der Waals surface area contributed by atoms with E-state index in [-0.39, 0.29) is 6.04 Å². The number of rotatable bonds is 4. The number of anilines is 1. The highest BCUT2D eigenvalue weighted by Gasteiger charge is 2.21. The van der Waals surface area contributed by atoms with Crippen molar-refractivity contribution in [3.63, 3.8) is 0 Å². The lowest BCUT2D eigenvalue weighted by Gasteiger charge is -2.12. The highest BCUT2D eigenvalue weighted by molar-refractivity contribution is 5.62. The molecule has 3 aromatic rings. The van der Waals surface area contributed by atoms with Gasteiger partial charge >= 0.3 is 0 Å². The van der Waals surface area contributed by atoms with Gasteiger partial charge in [-0.15, -0.1) is 0 Å². The Hall–Kier alpha value is -2.72. The summed E-state index contributed by atoms with van der Waals surface area (Å²) in [4.78, 5) is 8.98. The van der Waals surface area contributed by atoms with Gasteiger partial charge in [-0.1, -0.05) is 48.5 Å². The van der Waals surface area contributed by atoms with Crippen LogP contribution in [-0.2, 0) is 12.8 Å². The van der Waals surface area contributed by atoms with Gasteiger partial charge in [0, 0.05) is 30.0 Å². The Morgan fingerprint density at radius 1 is 0.920 bits per heavy atom. The van der Waals surface area contributed by atoms with Crippen molar-refractivity contribution in [2.24, 2.45) is 5.73 Å². The molecular weight excluding hydrogens is 308 g/mol. The van der Waals surface area contributed by atoms with Gasteiger partial charge in [0.15, 0.2) is 0 Å². The average Bonchev–Trinajstić information content (AvgIpc) is 3.05. The minimum atomic E-state index is 0.0485. The first-order chi connectivity index (χ1) is 12.2. The number of nitrogens with two attached hydrogens (primary N) is 1. The highest BCUT2D eigenvalue weighted by Crippen LogP contribution is 2.24. The molecule has 0 saturated carbocycles. The van der Waals surface area contributed by atoms with E-state index in [1.165, 1.54) is 11.1 Å². The molecule has 1 atom stereocenters. The zero-order valence-corrected chi connectivity index (χ0v) is 14.3. The predicted octanol–water partition coefficient (Wildman–Crippen LogP) is 3.74. The van der Waals surface area contributed by atoms with Crippen LogP contribution in [0.25, 0.3) is 11.1 Å². The van der Waals surface area contributed by atoms with Crippen LogP contribution in [0.15, 0.2) is 60.9 Å². The molecule has 0 fully saturated rings. The Balaban J connectivity index is 1.44. The Kier molecular flexibility index (Phi) is 4.20. The molecule has 1 aliphatic carbocycles. The standard InChI is InChI=1S/C21H22N4/c1-14(22)15-6-8-16(9-7-15)19-12-23-21(24-13-19)25-20-10-17-4-2-3-5-18(17)11-20/h2-9,12-14,20H,10-11,22H2,1H3,(H,23,24,25)/t14-/m0/s1. The molecule has 4 rings (SSSR count). The maximum atomic E-state index is 5.90. The molecule has 0 spiro atoms. The molecule has 2 aromatic carbocycles. The van der Waals surface area contributed by atoms with Crippen LogP contribution in [0.4, 0.5) is 5.95 Å². The van der Waals surface area contributed by atoms with Gasteiger partial charge < -0.3 is 11.1 Å². The Bertz CT molecular complexity index is 829. The van der Waals surface area contributed by atoms with E-state index in [0.29, 0.717) is 12.0 Å². The van der Waals surface area contributed by atoms with Gasteiger partial charge in [-0.2, -0.15) is 0 Å². The SMILES string of the molecule is C[C@H](N)c1ccc(-c2cnc(NC3Cc4ccccc4C3)nc2)cc1. The fraction of sp³-hybridized carbons (Fsp3) is 0.238. The molecule has 0 aliphatic heterocycles. The summed E-state index contributed by atoms with van der Waals surface area (Å²) in [6.07, 6.45) is 5.80. The number of nitrogens with zero attached hydrogens (tertiary/aromatic N) is 2. The van der Waals surface area contributed by atoms with Crippen LogP contribution < -0.4 is 11.1 Å². The van der Waals surface area contributed by atoms with Gasteiger partial charge in [-0.3, -0.25) is 0 Å². The molecule has 0 bridgehead atoms. The number of aromatic nitrogens is 2. The van der Waals surface area contributed by atoms with Crippen molar-refractivity contribution >= 4 is 5.95 Å². The molecule has 0 amide bonds. The van der Waals surface area contributed by atoms with Crippen molar-refractivity contribution in [3.8, 4) is 11.1 Å². The minimum absolute atomic E-state index is 0.0485. The number of benzene rings is 2. The number of hydrogen-bond donors (Lipinski definition) is 2. The molecule has 1 aromatic heterocycles. The molecule has 3 N–H and O–H groups in total. The first-order valence-corrected chi connectivity index (χ1v) is 8.70. The maximum Gasteiger partial charge on any atom is 0.222 e. The largest absolute Gasteiger partial charge is 0.351 e. The third kappa shape index (κ3) is 3.39. The molecule has 1 heterocycles. The molecule has 0 unspecified atom stereocenters. The number of hydrogen-bond acceptors (Lipinski definition) is 4. The van der Waals surface area contributed by atoms with Crippen LogP contribution in [0.1, 0.15) is 29.7 Å². The molecule has 126 valence electrons. The van der Waals surface area contributed by atoms with Crippen molar-refractivity contribution in [1.29, 1.82) is 0 Å². The van der Waals surface area contributed by atoms with Gasteiger partial charge in [0.1, 0.15) is 0 Å². The van der Waals surface area contributed by atoms with Crippen molar-refractivity contribution in [2.45, 2.75) is 31.8 Å². The Labute approximate surface area is 148 Å². The van der Waals surface area contributed by atoms with E-state index in [2.05, 4.69) is 63.8 Å². The van der Waals surface area contributed by atoms with Crippen LogP contribution in [0.2, 0.25) is 0 Å². The van der Waals surface area contributed by atoms with Crippen LogP contribution in [0, 0.1) is 0 Å². The Morgan fingerprint density at radius 2 is 1.52 bits per heavy atom. The zero-order valence-electron chi connectivity index (χ0n) is 14.3. The average molecular weight is 330 g/mol. The lowest BCUT2D eigenvalue weighted by molar-refractivity contribution is 0.762. The van der Waals surface area contributed by atoms with E-state index in [0.717, 1.165) is 29.5 Å². The maximum absolute atomic E-state index is 5.90. The summed E-state index contributed by atoms with van der Waals surface area (Å²) in [5.41, 5.74) is 12.0. The summed E-state index contributed by atoms with van der Waals surface area (Å²) in [5.74, 6) is 0.689. The second kappa shape index (κ2) is 6.65. The fourth-order valence-corrected chi connectivity index (χ4v) is 3.37. The van der Waals surface area contributed by atoms with Crippen LogP contribution in [-0.4, -0.2) is 16.0 Å². The summed E-state index contributed by atoms with van der Waals surface area (Å²) < 4.78 is 0. The van der Waals surface area contributed by atoms with Crippen LogP contribution in [0.5, 0.6) is 0 Å². The fourth-order valence-electron chi connectivity index (χ4n) is 3.37. The summed E-state index contributed by atoms with van der Waals surface area (Å²) in [5, 5.41) is 3.45. The predicted molar refractivity (Wildman–Crippen MR) is 101 cm³/mol. The number of nitrogens with one attached hydrogen (secondary N) is 1. The van der Waals surface area contributed by atoms with Crippen LogP contribution in [0.3, 0.4) is 0 Å². The van der Waals surface area contributed by atoms with Crippen molar-refractivity contribution < 1.29 is 0 Å². The lowest BCUT2D eigenvalue weighted by atomic mass is 10.0. The molecule has 0 saturated heterocycles. The van der Waals surface area contributed by atoms with E-state index in [4.69, 9.17) is 5.73 Å². The normalized spacial score (nSPS) is 15.0. The molecule has 25 heavy (non-hydrogen) atoms. The van der Waals surface area contributed by atoms with Crippen molar-refractivity contribution in [3.05, 3.63) is 77.6 Å². The third-order valence-corrected chi connectivity index (χ3v) is 4.81. The summed E-state index contributed by atoms with van der Waals surface area (Å²) >= 11 is 0. The van der Waals surface area contributed by atoms with E-state index in [9.17, 15) is 0 Å². The van der Waals surface area contributed by atoms with Gasteiger partial charge in [-0.05, 0) is 42.0 Å². The van der Waals surface area contributed by atoms with Gasteiger partial charge in [0.2, 0.25) is 5.95 Å². The molecule has 0 radical (unpaired) electrons. The summed E-state index contributed by atoms with van der Waals surface area (Å²) in [6.45, 7) is 1.99. The summed E-state index contributed by atoms with van der Waals surface area (Å²) in [7, 11) is 0. The van der Waals surface area contributed by atoms with E-state index in [1.807, 2.05) is 19.3 Å². The number of fused-ring (bicyclic) bond motifs is 1. The highest BCUT2D eigenvalue weighted by atomic mass is 15.1. The monoisotopic (exact) mass is 330 g/mol. The van der Waals surface area contributed by atoms with Crippen molar-refractivity contribution in [2.75, 3.05) is 5.32 Å². The van der Waals surface area contributed by atoms with Crippen LogP contribution >= 0.6 is 0 Å². The lowest BCUT2D eigenvalue weighted by Crippen LogP contribution is -2.20. The van der Waals surface area contributed by atoms with E-state index >= 15 is 0 Å². The van der Waals surface area contributed by atoms with Crippen molar-refractivity contribution in [1.82, 2.24) is 9.97 Å². The van der Waals surface area contributed by atoms with E-state index in [1.54, 1.807) is 0 Å². The topological polar surface area (TPSA) is 63.8 Å². The quantitative estimate of drug-likeness (QED) is 0.765. The second-order valence-electron chi connectivity index (χ2n) is 6.72. The zero-order chi connectivity index (χ0) is 17.2. The third-order valence-electron chi connectivity index (χ3n) is 4.81. The van der Waals surface area contributed by atoms with Gasteiger partial charge in [0.25, 0.3) is 0 Å².